The highest BCUT2D eigenvalue weighted by atomic mass is 32.1. The van der Waals surface area contributed by atoms with Gasteiger partial charge in [0.15, 0.2) is 5.75 Å². The van der Waals surface area contributed by atoms with E-state index in [1.165, 1.54) is 47.0 Å². The summed E-state index contributed by atoms with van der Waals surface area (Å²) in [5.74, 6) is -5.45. The van der Waals surface area contributed by atoms with Gasteiger partial charge in [0, 0.05) is 72.9 Å². The van der Waals surface area contributed by atoms with Gasteiger partial charge >= 0.3 is 12.2 Å². The Balaban J connectivity index is 0.878. The Morgan fingerprint density at radius 2 is 1.68 bits per heavy atom. The zero-order valence-corrected chi connectivity index (χ0v) is 47.0. The van der Waals surface area contributed by atoms with Gasteiger partial charge in [0.1, 0.15) is 76.7 Å². The van der Waals surface area contributed by atoms with E-state index in [4.69, 9.17) is 29.9 Å². The molecule has 0 spiro atoms. The maximum Gasteiger partial charge on any atom is 0.417 e. The van der Waals surface area contributed by atoms with E-state index in [0.717, 1.165) is 29.9 Å². The van der Waals surface area contributed by atoms with Gasteiger partial charge in [0.05, 0.1) is 46.3 Å². The number of anilines is 2. The summed E-state index contributed by atoms with van der Waals surface area (Å²) in [5.41, 5.74) is 5.67. The minimum Gasteiger partial charge on any atom is -0.486 e. The van der Waals surface area contributed by atoms with Crippen LogP contribution in [0.5, 0.6) is 11.8 Å². The van der Waals surface area contributed by atoms with Gasteiger partial charge in [-0.1, -0.05) is 73.7 Å². The molecule has 17 nitrogen and oxygen atoms in total. The number of carbonyl (C=O) groups excluding carboxylic acids is 2. The average Bonchev–Trinajstić information content (AvgIpc) is 2.40. The third-order valence-corrected chi connectivity index (χ3v) is 16.9. The number of amides is 2. The normalized spacial score (nSPS) is 17.9. The standard InChI is InChI=1S/C60H56F7N11O6S/c1-29(2)52(58(81)76-17-5-6-47(76)57(80)71-46(26-79)33-11-13-34(14-12-33)48-43(63)18-35(61)19-44(48)64)78-25-45(74-75-78)32-9-7-31(8-10-32)28-83-53-50(38-15-16-42(62)54-49(38)40(22-68)55(69)85-54)41(60(65,66)67)21-39-51(53)72-59(84-27-30(3)82-4)73-56(39)77-24-36-20-37(77)23-70-36/h7-16,18-19,21,25,29-30,36-37,46-47,52,70,79H,5-6,17,20,23-24,26-28,69H2,1-4H3,(H,71,80)/t30-,36?,37?,46?,47?,52?/m0/s1. The van der Waals surface area contributed by atoms with Gasteiger partial charge in [-0.05, 0) is 66.5 Å². The van der Waals surface area contributed by atoms with Crippen molar-refractivity contribution in [3.8, 4) is 51.3 Å². The summed E-state index contributed by atoms with van der Waals surface area (Å²) >= 11 is 0.742. The highest BCUT2D eigenvalue weighted by Crippen LogP contribution is 2.52. The van der Waals surface area contributed by atoms with Crippen LogP contribution in [0.4, 0.5) is 41.6 Å². The quantitative estimate of drug-likeness (QED) is 0.0588. The van der Waals surface area contributed by atoms with Crippen molar-refractivity contribution in [3.05, 3.63) is 131 Å². The number of thiophene rings is 1. The SMILES string of the molecule is CO[C@@H](C)COc1nc(N2CC3CC2CN3)c2cc(C(F)(F)F)c(-c3ccc(F)c4sc(N)c(C#N)c34)c(OCc3ccc(-c4cn(C(C(=O)N5CCCC5C(=O)NC(CO)c5ccc(-c6c(F)cc(F)cc6F)cc5)C(C)C)nn4)cc3)c2n1. The molecule has 0 aliphatic carbocycles. The Labute approximate surface area is 486 Å². The summed E-state index contributed by atoms with van der Waals surface area (Å²) in [7, 11) is 1.50. The number of likely N-dealkylation sites (tertiary alicyclic amines) is 1. The molecule has 0 saturated carbocycles. The number of fused-ring (bicyclic) bond motifs is 4. The van der Waals surface area contributed by atoms with E-state index in [1.54, 1.807) is 37.4 Å². The van der Waals surface area contributed by atoms with Crippen LogP contribution in [0.2, 0.25) is 0 Å². The molecule has 3 aliphatic heterocycles. The smallest absolute Gasteiger partial charge is 0.417 e. The molecule has 5 unspecified atom stereocenters. The number of hydrogen-bond donors (Lipinski definition) is 4. The summed E-state index contributed by atoms with van der Waals surface area (Å²) < 4.78 is 125. The number of rotatable bonds is 18. The number of methoxy groups -OCH3 is 1. The van der Waals surface area contributed by atoms with Gasteiger partial charge in [-0.3, -0.25) is 9.59 Å². The molecule has 3 fully saturated rings. The first-order valence-electron chi connectivity index (χ1n) is 27.4. The second-order valence-electron chi connectivity index (χ2n) is 21.7. The lowest BCUT2D eigenvalue weighted by Gasteiger charge is -2.30. The minimum absolute atomic E-state index is 0.00466. The van der Waals surface area contributed by atoms with Crippen LogP contribution in [0.25, 0.3) is 54.5 Å². The summed E-state index contributed by atoms with van der Waals surface area (Å²) in [4.78, 5) is 41.3. The van der Waals surface area contributed by atoms with Crippen molar-refractivity contribution in [2.45, 2.75) is 89.1 Å². The molecule has 11 rings (SSSR count). The van der Waals surface area contributed by atoms with E-state index in [1.807, 2.05) is 24.8 Å². The Hall–Kier alpha value is -8.44. The molecule has 5 N–H and O–H groups in total. The van der Waals surface area contributed by atoms with Crippen LogP contribution in [-0.4, -0.2) is 111 Å². The fraction of sp³-hybridized carbons (Fsp3) is 0.350. The fourth-order valence-electron chi connectivity index (χ4n) is 11.6. The van der Waals surface area contributed by atoms with Crippen LogP contribution in [0.15, 0.2) is 85.1 Å². The third kappa shape index (κ3) is 11.3. The maximum atomic E-state index is 15.9. The lowest BCUT2D eigenvalue weighted by molar-refractivity contribution is -0.142. The predicted octanol–water partition coefficient (Wildman–Crippen LogP) is 10.0. The van der Waals surface area contributed by atoms with Gasteiger partial charge in [0.2, 0.25) is 11.8 Å². The number of piperazine rings is 1. The molecular formula is C60H56F7N11O6S. The number of nitrogens with two attached hydrogens (primary N) is 1. The summed E-state index contributed by atoms with van der Waals surface area (Å²) in [5, 5.41) is 35.4. The van der Waals surface area contributed by atoms with Crippen LogP contribution in [0, 0.1) is 40.5 Å². The van der Waals surface area contributed by atoms with E-state index in [0.29, 0.717) is 60.4 Å². The number of aromatic nitrogens is 5. The van der Waals surface area contributed by atoms with Crippen LogP contribution >= 0.6 is 11.3 Å². The summed E-state index contributed by atoms with van der Waals surface area (Å²) in [6.07, 6.45) is -2.31. The fourth-order valence-corrected chi connectivity index (χ4v) is 12.5. The number of hydrogen-bond acceptors (Lipinski definition) is 15. The van der Waals surface area contributed by atoms with E-state index in [-0.39, 0.29) is 98.0 Å². The Morgan fingerprint density at radius 3 is 2.33 bits per heavy atom. The zero-order chi connectivity index (χ0) is 60.2. The molecule has 6 heterocycles. The van der Waals surface area contributed by atoms with Gasteiger partial charge < -0.3 is 45.5 Å². The number of nitrogens with one attached hydrogen (secondary N) is 2. The molecule has 2 amide bonds. The topological polar surface area (TPSA) is 219 Å². The second-order valence-corrected chi connectivity index (χ2v) is 22.7. The first-order chi connectivity index (χ1) is 40.7. The first-order valence-corrected chi connectivity index (χ1v) is 28.2. The molecule has 85 heavy (non-hydrogen) atoms. The van der Waals surface area contributed by atoms with Crippen molar-refractivity contribution < 1.29 is 59.6 Å². The molecule has 3 aliphatic rings. The van der Waals surface area contributed by atoms with E-state index < -0.39 is 88.8 Å². The molecule has 25 heteroatoms. The Kier molecular flexibility index (Phi) is 16.2. The number of nitrogen functional groups attached to an aromatic ring is 1. The molecule has 8 aromatic rings. The number of aliphatic hydroxyl groups is 1. The number of alkyl halides is 3. The Morgan fingerprint density at radius 1 is 0.953 bits per heavy atom. The molecule has 0 radical (unpaired) electrons. The van der Waals surface area contributed by atoms with E-state index in [2.05, 4.69) is 20.9 Å². The van der Waals surface area contributed by atoms with E-state index in [9.17, 15) is 33.1 Å². The molecule has 5 aromatic carbocycles. The Bertz CT molecular complexity index is 3890. The number of carbonyl (C=O) groups is 2. The number of halogens is 7. The molecule has 442 valence electrons. The molecular weight excluding hydrogens is 1140 g/mol. The number of ether oxygens (including phenoxy) is 3. The number of nitrogens with zero attached hydrogens (tertiary/aromatic N) is 8. The van der Waals surface area contributed by atoms with Gasteiger partial charge in [0.25, 0.3) is 0 Å². The highest BCUT2D eigenvalue weighted by molar-refractivity contribution is 7.23. The van der Waals surface area contributed by atoms with Crippen molar-refractivity contribution in [3.63, 3.8) is 0 Å². The van der Waals surface area contributed by atoms with Crippen molar-refractivity contribution in [1.29, 1.82) is 5.26 Å². The van der Waals surface area contributed by atoms with Crippen molar-refractivity contribution in [2.24, 2.45) is 5.92 Å². The lowest BCUT2D eigenvalue weighted by Crippen LogP contribution is -2.50. The van der Waals surface area contributed by atoms with Crippen LogP contribution < -0.4 is 30.7 Å². The number of aliphatic hydroxyl groups excluding tert-OH is 1. The number of nitriles is 1. The average molecular weight is 1190 g/mol. The van der Waals surface area contributed by atoms with Crippen LogP contribution in [-0.2, 0) is 27.1 Å². The van der Waals surface area contributed by atoms with E-state index >= 15 is 17.6 Å². The first kappa shape index (κ1) is 58.3. The zero-order valence-electron chi connectivity index (χ0n) is 46.2. The highest BCUT2D eigenvalue weighted by Gasteiger charge is 2.44. The third-order valence-electron chi connectivity index (χ3n) is 15.8. The monoisotopic (exact) mass is 1190 g/mol. The summed E-state index contributed by atoms with van der Waals surface area (Å²) in [6, 6.07) is 15.8. The predicted molar refractivity (Wildman–Crippen MR) is 302 cm³/mol. The summed E-state index contributed by atoms with van der Waals surface area (Å²) in [6.45, 7) is 5.81. The van der Waals surface area contributed by atoms with Gasteiger partial charge in [-0.25, -0.2) is 22.2 Å². The van der Waals surface area contributed by atoms with Crippen molar-refractivity contribution >= 4 is 55.0 Å². The molecule has 6 atom stereocenters. The molecule has 3 saturated heterocycles. The molecule has 2 bridgehead atoms. The van der Waals surface area contributed by atoms with Crippen molar-refractivity contribution in [1.82, 2.24) is 40.5 Å². The lowest BCUT2D eigenvalue weighted by atomic mass is 9.92. The van der Waals surface area contributed by atoms with Crippen LogP contribution in [0.3, 0.4) is 0 Å². The second kappa shape index (κ2) is 23.5. The van der Waals surface area contributed by atoms with Gasteiger partial charge in [-0.15, -0.1) is 16.4 Å². The largest absolute Gasteiger partial charge is 0.486 e. The van der Waals surface area contributed by atoms with Crippen LogP contribution in [0.1, 0.15) is 74.4 Å². The molecule has 3 aromatic heterocycles. The minimum atomic E-state index is -5.05. The number of benzene rings is 5. The van der Waals surface area contributed by atoms with Crippen molar-refractivity contribution in [2.75, 3.05) is 50.6 Å². The maximum absolute atomic E-state index is 15.9. The van der Waals surface area contributed by atoms with Gasteiger partial charge in [-0.2, -0.15) is 28.4 Å².